The van der Waals surface area contributed by atoms with Gasteiger partial charge >= 0.3 is 5.69 Å². The van der Waals surface area contributed by atoms with Gasteiger partial charge in [0.15, 0.2) is 0 Å². The van der Waals surface area contributed by atoms with Gasteiger partial charge in [0.1, 0.15) is 5.69 Å². The molecular weight excluding hydrogens is 232 g/mol. The molecule has 1 aromatic heterocycles. The van der Waals surface area contributed by atoms with Crippen LogP contribution in [0, 0.1) is 16.0 Å². The first-order valence-electron chi connectivity index (χ1n) is 6.19. The van der Waals surface area contributed by atoms with Gasteiger partial charge in [-0.05, 0) is 24.8 Å². The van der Waals surface area contributed by atoms with Gasteiger partial charge in [-0.3, -0.25) is 10.1 Å². The van der Waals surface area contributed by atoms with Crippen molar-refractivity contribution in [1.29, 1.82) is 0 Å². The summed E-state index contributed by atoms with van der Waals surface area (Å²) >= 11 is 0. The van der Waals surface area contributed by atoms with Crippen LogP contribution < -0.4 is 10.2 Å². The number of nitrogens with zero attached hydrogens (tertiary/aromatic N) is 3. The number of nitrogens with one attached hydrogen (secondary N) is 1. The smallest absolute Gasteiger partial charge is 0.334 e. The fraction of sp³-hybridized carbons (Fsp3) is 0.583. The molecule has 0 radical (unpaired) electrons. The van der Waals surface area contributed by atoms with Crippen LogP contribution in [0.25, 0.3) is 0 Å². The van der Waals surface area contributed by atoms with E-state index in [0.717, 1.165) is 19.5 Å². The summed E-state index contributed by atoms with van der Waals surface area (Å²) in [4.78, 5) is 17.0. The van der Waals surface area contributed by atoms with Crippen LogP contribution in [-0.2, 0) is 0 Å². The van der Waals surface area contributed by atoms with Gasteiger partial charge in [-0.1, -0.05) is 6.92 Å². The second kappa shape index (κ2) is 5.20. The maximum absolute atomic E-state index is 11.2. The molecule has 1 aliphatic rings. The first-order valence-corrected chi connectivity index (χ1v) is 6.19. The highest BCUT2D eigenvalue weighted by Crippen LogP contribution is 2.35. The second-order valence-electron chi connectivity index (χ2n) is 4.73. The minimum atomic E-state index is -0.354. The van der Waals surface area contributed by atoms with Crippen molar-refractivity contribution in [3.05, 3.63) is 22.4 Å². The van der Waals surface area contributed by atoms with Crippen molar-refractivity contribution >= 4 is 17.2 Å². The Labute approximate surface area is 106 Å². The summed E-state index contributed by atoms with van der Waals surface area (Å²) < 4.78 is 0. The topological polar surface area (TPSA) is 71.3 Å². The van der Waals surface area contributed by atoms with Crippen LogP contribution in [-0.4, -0.2) is 30.0 Å². The molecule has 0 amide bonds. The summed E-state index contributed by atoms with van der Waals surface area (Å²) in [5, 5.41) is 14.0. The van der Waals surface area contributed by atoms with Crippen LogP contribution in [0.2, 0.25) is 0 Å². The van der Waals surface area contributed by atoms with Crippen molar-refractivity contribution in [3.63, 3.8) is 0 Å². The molecule has 1 aliphatic heterocycles. The molecule has 6 heteroatoms. The Morgan fingerprint density at radius 2 is 2.39 bits per heavy atom. The molecule has 1 N–H and O–H groups in total. The first kappa shape index (κ1) is 12.6. The van der Waals surface area contributed by atoms with Crippen molar-refractivity contribution in [2.45, 2.75) is 19.8 Å². The SMILES string of the molecule is CNc1nccc(N2CCC[C@@H](C)C2)c1[N+](=O)[O-]. The molecule has 1 aromatic rings. The quantitative estimate of drug-likeness (QED) is 0.658. The Kier molecular flexibility index (Phi) is 3.64. The number of pyridine rings is 1. The second-order valence-corrected chi connectivity index (χ2v) is 4.73. The van der Waals surface area contributed by atoms with Gasteiger partial charge in [0.25, 0.3) is 0 Å². The van der Waals surface area contributed by atoms with E-state index in [9.17, 15) is 10.1 Å². The molecule has 1 saturated heterocycles. The van der Waals surface area contributed by atoms with Gasteiger partial charge in [0, 0.05) is 26.3 Å². The number of hydrogen-bond acceptors (Lipinski definition) is 5. The first-order chi connectivity index (χ1) is 8.63. The zero-order valence-corrected chi connectivity index (χ0v) is 10.7. The highest BCUT2D eigenvalue weighted by Gasteiger charge is 2.27. The summed E-state index contributed by atoms with van der Waals surface area (Å²) in [5.41, 5.74) is 0.750. The molecule has 1 atom stereocenters. The minimum absolute atomic E-state index is 0.0779. The third kappa shape index (κ3) is 2.37. The number of hydrogen-bond donors (Lipinski definition) is 1. The monoisotopic (exact) mass is 250 g/mol. The van der Waals surface area contributed by atoms with Gasteiger partial charge in [-0.25, -0.2) is 4.98 Å². The van der Waals surface area contributed by atoms with E-state index in [1.165, 1.54) is 6.42 Å². The van der Waals surface area contributed by atoms with E-state index >= 15 is 0 Å². The lowest BCUT2D eigenvalue weighted by molar-refractivity contribution is -0.383. The molecule has 6 nitrogen and oxygen atoms in total. The Morgan fingerprint density at radius 3 is 3.00 bits per heavy atom. The molecule has 1 fully saturated rings. The maximum atomic E-state index is 11.2. The fourth-order valence-corrected chi connectivity index (χ4v) is 2.47. The fourth-order valence-electron chi connectivity index (χ4n) is 2.47. The normalized spacial score (nSPS) is 19.7. The molecule has 0 bridgehead atoms. The molecule has 98 valence electrons. The lowest BCUT2D eigenvalue weighted by Gasteiger charge is -2.32. The molecule has 0 aliphatic carbocycles. The lowest BCUT2D eigenvalue weighted by atomic mass is 9.99. The average Bonchev–Trinajstić information content (AvgIpc) is 2.37. The summed E-state index contributed by atoms with van der Waals surface area (Å²) in [6, 6.07) is 1.73. The van der Waals surface area contributed by atoms with E-state index in [1.807, 2.05) is 0 Å². The van der Waals surface area contributed by atoms with E-state index in [0.29, 0.717) is 17.4 Å². The third-order valence-electron chi connectivity index (χ3n) is 3.32. The predicted octanol–water partition coefficient (Wildman–Crippen LogP) is 2.27. The summed E-state index contributed by atoms with van der Waals surface area (Å²) in [7, 11) is 1.65. The Balaban J connectivity index is 2.40. The van der Waals surface area contributed by atoms with Gasteiger partial charge in [-0.2, -0.15) is 0 Å². The van der Waals surface area contributed by atoms with Crippen molar-refractivity contribution in [1.82, 2.24) is 4.98 Å². The highest BCUT2D eigenvalue weighted by atomic mass is 16.6. The largest absolute Gasteiger partial charge is 0.367 e. The van der Waals surface area contributed by atoms with E-state index in [4.69, 9.17) is 0 Å². The summed E-state index contributed by atoms with van der Waals surface area (Å²) in [6.07, 6.45) is 3.89. The number of piperidine rings is 1. The number of aromatic nitrogens is 1. The molecule has 0 saturated carbocycles. The average molecular weight is 250 g/mol. The molecule has 0 aromatic carbocycles. The minimum Gasteiger partial charge on any atom is -0.367 e. The van der Waals surface area contributed by atoms with Gasteiger partial charge in [0.2, 0.25) is 5.82 Å². The van der Waals surface area contributed by atoms with Crippen LogP contribution >= 0.6 is 0 Å². The molecule has 0 spiro atoms. The molecular formula is C12H18N4O2. The van der Waals surface area contributed by atoms with Gasteiger partial charge in [0.05, 0.1) is 4.92 Å². The number of rotatable bonds is 3. The van der Waals surface area contributed by atoms with Crippen LogP contribution in [0.3, 0.4) is 0 Å². The zero-order valence-electron chi connectivity index (χ0n) is 10.7. The van der Waals surface area contributed by atoms with Crippen molar-refractivity contribution in [2.24, 2.45) is 5.92 Å². The predicted molar refractivity (Wildman–Crippen MR) is 71.0 cm³/mol. The number of anilines is 2. The van der Waals surface area contributed by atoms with Gasteiger partial charge < -0.3 is 10.2 Å². The third-order valence-corrected chi connectivity index (χ3v) is 3.32. The zero-order chi connectivity index (χ0) is 13.1. The van der Waals surface area contributed by atoms with Crippen LogP contribution in [0.1, 0.15) is 19.8 Å². The van der Waals surface area contributed by atoms with Crippen molar-refractivity contribution in [2.75, 3.05) is 30.4 Å². The van der Waals surface area contributed by atoms with Crippen LogP contribution in [0.5, 0.6) is 0 Å². The summed E-state index contributed by atoms with van der Waals surface area (Å²) in [5.74, 6) is 0.903. The van der Waals surface area contributed by atoms with Crippen molar-refractivity contribution < 1.29 is 4.92 Å². The highest BCUT2D eigenvalue weighted by molar-refractivity contribution is 5.73. The number of nitro groups is 1. The summed E-state index contributed by atoms with van der Waals surface area (Å²) in [6.45, 7) is 3.92. The van der Waals surface area contributed by atoms with E-state index in [1.54, 1.807) is 19.3 Å². The van der Waals surface area contributed by atoms with Crippen LogP contribution in [0.15, 0.2) is 12.3 Å². The maximum Gasteiger partial charge on any atom is 0.334 e. The lowest BCUT2D eigenvalue weighted by Crippen LogP contribution is -2.34. The van der Waals surface area contributed by atoms with E-state index < -0.39 is 0 Å². The Hall–Kier alpha value is -1.85. The Bertz CT molecular complexity index is 450. The Morgan fingerprint density at radius 1 is 1.61 bits per heavy atom. The molecule has 2 rings (SSSR count). The van der Waals surface area contributed by atoms with Crippen molar-refractivity contribution in [3.8, 4) is 0 Å². The molecule has 0 unspecified atom stereocenters. The standard InChI is InChI=1S/C12H18N4O2/c1-9-4-3-7-15(8-9)10-5-6-14-12(13-2)11(10)16(17)18/h5-6,9H,3-4,7-8H2,1-2H3,(H,13,14)/t9-/m1/s1. The molecule has 2 heterocycles. The van der Waals surface area contributed by atoms with Gasteiger partial charge in [-0.15, -0.1) is 0 Å². The van der Waals surface area contributed by atoms with E-state index in [2.05, 4.69) is 22.1 Å². The van der Waals surface area contributed by atoms with Crippen LogP contribution in [0.4, 0.5) is 17.2 Å². The molecule has 18 heavy (non-hydrogen) atoms. The van der Waals surface area contributed by atoms with E-state index in [-0.39, 0.29) is 10.6 Å².